The van der Waals surface area contributed by atoms with Crippen molar-refractivity contribution in [2.45, 2.75) is 6.18 Å². The van der Waals surface area contributed by atoms with Gasteiger partial charge in [0, 0.05) is 23.6 Å². The van der Waals surface area contributed by atoms with Crippen LogP contribution in [-0.2, 0) is 6.18 Å². The molecule has 0 saturated carbocycles. The lowest BCUT2D eigenvalue weighted by Crippen LogP contribution is -2.26. The summed E-state index contributed by atoms with van der Waals surface area (Å²) in [7, 11) is 2.91. The Morgan fingerprint density at radius 3 is 1.97 bits per heavy atom. The molecule has 6 nitrogen and oxygen atoms in total. The number of amides is 1. The van der Waals surface area contributed by atoms with E-state index >= 15 is 0 Å². The number of methoxy groups -OCH3 is 2. The number of aromatic nitrogens is 1. The first-order valence-corrected chi connectivity index (χ1v) is 8.66. The summed E-state index contributed by atoms with van der Waals surface area (Å²) in [4.78, 5) is 24.9. The maximum Gasteiger partial charge on any atom is 0.431 e. The molecule has 1 N–H and O–H groups in total. The van der Waals surface area contributed by atoms with Gasteiger partial charge in [0.25, 0.3) is 5.91 Å². The van der Waals surface area contributed by atoms with E-state index in [1.165, 1.54) is 38.5 Å². The number of benzene rings is 2. The van der Waals surface area contributed by atoms with Gasteiger partial charge in [0.1, 0.15) is 22.8 Å². The van der Waals surface area contributed by atoms with Crippen molar-refractivity contribution in [1.82, 2.24) is 4.57 Å². The summed E-state index contributed by atoms with van der Waals surface area (Å²) in [5.74, 6) is 0.177. The lowest BCUT2D eigenvalue weighted by atomic mass is 10.2. The first-order chi connectivity index (χ1) is 14.2. The molecule has 3 rings (SSSR count). The maximum atomic E-state index is 13.5. The molecule has 0 bridgehead atoms. The number of pyridine rings is 1. The van der Waals surface area contributed by atoms with Crippen molar-refractivity contribution in [2.75, 3.05) is 19.5 Å². The number of carbonyl (C=O) groups excluding carboxylic acids is 1. The third-order valence-electron chi connectivity index (χ3n) is 4.28. The molecule has 0 unspecified atom stereocenters. The second-order valence-corrected chi connectivity index (χ2v) is 6.19. The van der Waals surface area contributed by atoms with E-state index in [4.69, 9.17) is 9.47 Å². The molecule has 0 atom stereocenters. The number of ether oxygens (including phenoxy) is 2. The topological polar surface area (TPSA) is 69.6 Å². The first kappa shape index (κ1) is 21.0. The van der Waals surface area contributed by atoms with Crippen LogP contribution in [-0.4, -0.2) is 24.7 Å². The highest BCUT2D eigenvalue weighted by Crippen LogP contribution is 2.31. The zero-order valence-corrected chi connectivity index (χ0v) is 16.0. The fraction of sp³-hybridized carbons (Fsp3) is 0.143. The van der Waals surface area contributed by atoms with Crippen molar-refractivity contribution in [2.24, 2.45) is 0 Å². The summed E-state index contributed by atoms with van der Waals surface area (Å²) in [6.45, 7) is 0. The Bertz CT molecular complexity index is 1110. The Morgan fingerprint density at radius 1 is 0.933 bits per heavy atom. The maximum absolute atomic E-state index is 13.5. The number of nitrogens with one attached hydrogen (secondary N) is 1. The van der Waals surface area contributed by atoms with Gasteiger partial charge in [-0.05, 0) is 48.5 Å². The largest absolute Gasteiger partial charge is 0.497 e. The number of hydrogen-bond acceptors (Lipinski definition) is 4. The van der Waals surface area contributed by atoms with E-state index in [0.29, 0.717) is 23.3 Å². The molecular formula is C21H17F3N2O4. The molecule has 0 aliphatic heterocycles. The molecule has 1 aromatic heterocycles. The smallest absolute Gasteiger partial charge is 0.431 e. The molecule has 30 heavy (non-hydrogen) atoms. The van der Waals surface area contributed by atoms with Crippen LogP contribution in [0.4, 0.5) is 18.9 Å². The SMILES string of the molecule is COc1ccc(NC(=O)c2cn(-c3ccc(OC)cc3)c(C(F)(F)F)cc2=O)cc1. The Kier molecular flexibility index (Phi) is 5.81. The van der Waals surface area contributed by atoms with Crippen molar-refractivity contribution < 1.29 is 27.4 Å². The molecule has 0 spiro atoms. The third-order valence-corrected chi connectivity index (χ3v) is 4.28. The first-order valence-electron chi connectivity index (χ1n) is 8.66. The summed E-state index contributed by atoms with van der Waals surface area (Å²) >= 11 is 0. The zero-order valence-electron chi connectivity index (χ0n) is 16.0. The van der Waals surface area contributed by atoms with Crippen LogP contribution in [0.15, 0.2) is 65.6 Å². The van der Waals surface area contributed by atoms with Crippen molar-refractivity contribution in [3.8, 4) is 17.2 Å². The second kappa shape index (κ2) is 8.32. The van der Waals surface area contributed by atoms with E-state index in [9.17, 15) is 22.8 Å². The van der Waals surface area contributed by atoms with Crippen LogP contribution < -0.4 is 20.2 Å². The van der Waals surface area contributed by atoms with Gasteiger partial charge in [0.05, 0.1) is 14.2 Å². The molecule has 9 heteroatoms. The van der Waals surface area contributed by atoms with E-state index in [-0.39, 0.29) is 5.69 Å². The van der Waals surface area contributed by atoms with E-state index in [1.807, 2.05) is 0 Å². The molecule has 2 aromatic carbocycles. The predicted octanol–water partition coefficient (Wildman–Crippen LogP) is 4.13. The fourth-order valence-corrected chi connectivity index (χ4v) is 2.75. The Hall–Kier alpha value is -3.75. The van der Waals surface area contributed by atoms with Gasteiger partial charge < -0.3 is 19.4 Å². The van der Waals surface area contributed by atoms with Crippen molar-refractivity contribution in [1.29, 1.82) is 0 Å². The number of carbonyl (C=O) groups is 1. The minimum Gasteiger partial charge on any atom is -0.497 e. The van der Waals surface area contributed by atoms with Gasteiger partial charge >= 0.3 is 6.18 Å². The highest BCUT2D eigenvalue weighted by molar-refractivity contribution is 6.04. The number of halogens is 3. The van der Waals surface area contributed by atoms with Crippen LogP contribution >= 0.6 is 0 Å². The summed E-state index contributed by atoms with van der Waals surface area (Å²) < 4.78 is 51.3. The average molecular weight is 418 g/mol. The van der Waals surface area contributed by atoms with Crippen LogP contribution in [0.5, 0.6) is 11.5 Å². The van der Waals surface area contributed by atoms with Gasteiger partial charge in [-0.25, -0.2) is 0 Å². The van der Waals surface area contributed by atoms with Crippen LogP contribution in [0.2, 0.25) is 0 Å². The lowest BCUT2D eigenvalue weighted by molar-refractivity contribution is -0.142. The van der Waals surface area contributed by atoms with Crippen molar-refractivity contribution in [3.63, 3.8) is 0 Å². The third kappa shape index (κ3) is 4.45. The Labute approximate surface area is 169 Å². The standard InChI is InChI=1S/C21H17F3N2O4/c1-29-15-7-3-13(4-8-15)25-20(28)17-12-26(14-5-9-16(30-2)10-6-14)19(11-18(17)27)21(22,23)24/h3-12H,1-2H3,(H,25,28). The molecular weight excluding hydrogens is 401 g/mol. The second-order valence-electron chi connectivity index (χ2n) is 6.19. The number of hydrogen-bond donors (Lipinski definition) is 1. The van der Waals surface area contributed by atoms with E-state index in [0.717, 1.165) is 10.8 Å². The number of alkyl halides is 3. The monoisotopic (exact) mass is 418 g/mol. The molecule has 156 valence electrons. The van der Waals surface area contributed by atoms with E-state index in [2.05, 4.69) is 5.32 Å². The number of anilines is 1. The van der Waals surface area contributed by atoms with Crippen molar-refractivity contribution >= 4 is 11.6 Å². The van der Waals surface area contributed by atoms with Crippen LogP contribution in [0.25, 0.3) is 5.69 Å². The number of nitrogens with zero attached hydrogens (tertiary/aromatic N) is 1. The van der Waals surface area contributed by atoms with Crippen molar-refractivity contribution in [3.05, 3.63) is 82.3 Å². The fourth-order valence-electron chi connectivity index (χ4n) is 2.75. The average Bonchev–Trinajstić information content (AvgIpc) is 2.73. The molecule has 1 heterocycles. The minimum absolute atomic E-state index is 0.113. The summed E-state index contributed by atoms with van der Waals surface area (Å²) in [6, 6.07) is 12.4. The lowest BCUT2D eigenvalue weighted by Gasteiger charge is -2.17. The highest BCUT2D eigenvalue weighted by Gasteiger charge is 2.35. The normalized spacial score (nSPS) is 11.1. The van der Waals surface area contributed by atoms with E-state index in [1.54, 1.807) is 24.3 Å². The van der Waals surface area contributed by atoms with Gasteiger partial charge in [0.2, 0.25) is 0 Å². The quantitative estimate of drug-likeness (QED) is 0.677. The van der Waals surface area contributed by atoms with Gasteiger partial charge in [-0.3, -0.25) is 9.59 Å². The Morgan fingerprint density at radius 2 is 1.47 bits per heavy atom. The molecule has 0 fully saturated rings. The van der Waals surface area contributed by atoms with Gasteiger partial charge in [-0.2, -0.15) is 13.2 Å². The van der Waals surface area contributed by atoms with Gasteiger partial charge in [-0.1, -0.05) is 0 Å². The Balaban J connectivity index is 2.04. The summed E-state index contributed by atoms with van der Waals surface area (Å²) in [5, 5.41) is 2.50. The molecule has 0 radical (unpaired) electrons. The van der Waals surface area contributed by atoms with Crippen LogP contribution in [0.3, 0.4) is 0 Å². The van der Waals surface area contributed by atoms with Crippen LogP contribution in [0.1, 0.15) is 16.1 Å². The van der Waals surface area contributed by atoms with E-state index < -0.39 is 28.8 Å². The zero-order chi connectivity index (χ0) is 21.9. The van der Waals surface area contributed by atoms with Crippen LogP contribution in [0, 0.1) is 0 Å². The summed E-state index contributed by atoms with van der Waals surface area (Å²) in [5.41, 5.74) is -2.20. The van der Waals surface area contributed by atoms with Gasteiger partial charge in [-0.15, -0.1) is 0 Å². The molecule has 0 aliphatic rings. The summed E-state index contributed by atoms with van der Waals surface area (Å²) in [6.07, 6.45) is -3.92. The molecule has 1 amide bonds. The minimum atomic E-state index is -4.80. The molecule has 3 aromatic rings. The number of rotatable bonds is 5. The molecule has 0 aliphatic carbocycles. The van der Waals surface area contributed by atoms with Gasteiger partial charge in [0.15, 0.2) is 5.43 Å². The predicted molar refractivity (Wildman–Crippen MR) is 105 cm³/mol. The molecule has 0 saturated heterocycles. The highest BCUT2D eigenvalue weighted by atomic mass is 19.4.